The van der Waals surface area contributed by atoms with E-state index in [9.17, 15) is 0 Å². The Morgan fingerprint density at radius 3 is 1.65 bits per heavy atom. The molecule has 0 fully saturated rings. The summed E-state index contributed by atoms with van der Waals surface area (Å²) in [6.45, 7) is 23.3. The van der Waals surface area contributed by atoms with Crippen molar-refractivity contribution in [2.45, 2.75) is 104 Å². The highest BCUT2D eigenvalue weighted by Gasteiger charge is 2.16. The van der Waals surface area contributed by atoms with Gasteiger partial charge in [0.2, 0.25) is 0 Å². The first-order valence-electron chi connectivity index (χ1n) is 8.69. The van der Waals surface area contributed by atoms with Gasteiger partial charge in [-0.1, -0.05) is 6.08 Å². The molecule has 23 heavy (non-hydrogen) atoms. The predicted molar refractivity (Wildman–Crippen MR) is 105 cm³/mol. The second-order valence-corrected chi connectivity index (χ2v) is 9.19. The largest absolute Gasteiger partial charge is 0.423 e. The molecule has 0 aliphatic rings. The maximum atomic E-state index is 5.88. The van der Waals surface area contributed by atoms with E-state index in [1.54, 1.807) is 0 Å². The molecular formula is C19H42O3Si. The number of unbranched alkanes of at least 4 members (excludes halogenated alkanes) is 1. The van der Waals surface area contributed by atoms with Gasteiger partial charge in [0.05, 0.1) is 17.3 Å². The maximum absolute atomic E-state index is 5.88. The maximum Gasteiger partial charge on any atom is 0.146 e. The van der Waals surface area contributed by atoms with Gasteiger partial charge in [-0.3, -0.25) is 0 Å². The highest BCUT2D eigenvalue weighted by Crippen LogP contribution is 2.16. The molecule has 0 aromatic carbocycles. The number of hydrogen-bond acceptors (Lipinski definition) is 3. The zero-order valence-corrected chi connectivity index (χ0v) is 19.4. The van der Waals surface area contributed by atoms with Crippen molar-refractivity contribution in [1.29, 1.82) is 0 Å². The molecule has 0 saturated heterocycles. The van der Waals surface area contributed by atoms with Crippen LogP contribution in [0.2, 0.25) is 0 Å². The van der Waals surface area contributed by atoms with Crippen LogP contribution in [0, 0.1) is 0 Å². The topological polar surface area (TPSA) is 27.7 Å². The molecule has 0 aromatic heterocycles. The molecule has 4 heteroatoms. The lowest BCUT2D eigenvalue weighted by atomic mass is 10.1. The lowest BCUT2D eigenvalue weighted by Crippen LogP contribution is -2.26. The Morgan fingerprint density at radius 1 is 0.870 bits per heavy atom. The van der Waals surface area contributed by atoms with Crippen LogP contribution in [0.5, 0.6) is 0 Å². The van der Waals surface area contributed by atoms with Crippen LogP contribution in [0.15, 0.2) is 12.7 Å². The Kier molecular flexibility index (Phi) is 12.4. The molecule has 0 aliphatic carbocycles. The van der Waals surface area contributed by atoms with E-state index >= 15 is 0 Å². The van der Waals surface area contributed by atoms with Gasteiger partial charge in [0.25, 0.3) is 0 Å². The van der Waals surface area contributed by atoms with Crippen molar-refractivity contribution < 1.29 is 13.9 Å². The Balaban J connectivity index is 0. The van der Waals surface area contributed by atoms with Crippen molar-refractivity contribution in [3.8, 4) is 0 Å². The summed E-state index contributed by atoms with van der Waals surface area (Å²) in [5.41, 5.74) is -0.0211. The molecule has 0 saturated carbocycles. The molecule has 1 unspecified atom stereocenters. The van der Waals surface area contributed by atoms with Gasteiger partial charge in [0, 0.05) is 12.2 Å². The summed E-state index contributed by atoms with van der Waals surface area (Å²) in [7, 11) is 0.848. The summed E-state index contributed by atoms with van der Waals surface area (Å²) in [6.07, 6.45) is 5.27. The van der Waals surface area contributed by atoms with Gasteiger partial charge in [-0.15, -0.1) is 6.58 Å². The molecule has 0 aliphatic heterocycles. The third-order valence-corrected chi connectivity index (χ3v) is 4.02. The normalized spacial score (nSPS) is 14.1. The fraction of sp³-hybridized carbons (Fsp3) is 0.895. The van der Waals surface area contributed by atoms with Gasteiger partial charge in [0.1, 0.15) is 10.5 Å². The quantitative estimate of drug-likeness (QED) is 0.388. The first kappa shape index (κ1) is 25.1. The second kappa shape index (κ2) is 11.4. The smallest absolute Gasteiger partial charge is 0.146 e. The van der Waals surface area contributed by atoms with Crippen LogP contribution >= 0.6 is 0 Å². The third-order valence-electron chi connectivity index (χ3n) is 2.80. The molecule has 3 nitrogen and oxygen atoms in total. The molecule has 0 aromatic rings. The fourth-order valence-corrected chi connectivity index (χ4v) is 1.50. The highest BCUT2D eigenvalue weighted by molar-refractivity contribution is 5.98. The second-order valence-electron chi connectivity index (χ2n) is 8.78. The van der Waals surface area contributed by atoms with Crippen LogP contribution in [-0.4, -0.2) is 40.0 Å². The summed E-state index contributed by atoms with van der Waals surface area (Å²) in [6, 6.07) is 0. The standard InChI is InChI=1S/C15H30O2.C4H12OSi/c1-8-13(17-15(5,6)7)11-9-10-12-16-14(2,3)4;1-4(2,3)5-6/h8,13H,1,9-12H2,2-7H3;1-3,6H3. The van der Waals surface area contributed by atoms with Gasteiger partial charge in [-0.05, 0) is 81.6 Å². The number of rotatable bonds is 7. The number of ether oxygens (including phenoxy) is 2. The minimum atomic E-state index is -0.0965. The van der Waals surface area contributed by atoms with Gasteiger partial charge >= 0.3 is 0 Å². The van der Waals surface area contributed by atoms with E-state index in [4.69, 9.17) is 13.9 Å². The monoisotopic (exact) mass is 346 g/mol. The van der Waals surface area contributed by atoms with Crippen molar-refractivity contribution in [2.75, 3.05) is 6.61 Å². The van der Waals surface area contributed by atoms with E-state index in [-0.39, 0.29) is 22.9 Å². The Labute approximate surface area is 148 Å². The van der Waals surface area contributed by atoms with Crippen LogP contribution < -0.4 is 0 Å². The summed E-state index contributed by atoms with van der Waals surface area (Å²) < 4.78 is 16.6. The first-order chi connectivity index (χ1) is 10.2. The van der Waals surface area contributed by atoms with Crippen molar-refractivity contribution in [2.24, 2.45) is 0 Å². The van der Waals surface area contributed by atoms with Crippen LogP contribution in [-0.2, 0) is 13.9 Å². The molecule has 0 spiro atoms. The Bertz CT molecular complexity index is 295. The highest BCUT2D eigenvalue weighted by atomic mass is 28.2. The SMILES string of the molecule is C=CC(CCCCOC(C)(C)C)OC(C)(C)C.CC(C)(C)O[SiH3]. The van der Waals surface area contributed by atoms with Crippen LogP contribution in [0.4, 0.5) is 0 Å². The molecule has 0 bridgehead atoms. The van der Waals surface area contributed by atoms with Gasteiger partial charge in [0.15, 0.2) is 0 Å². The first-order valence-corrected chi connectivity index (χ1v) is 9.51. The van der Waals surface area contributed by atoms with Crippen LogP contribution in [0.25, 0.3) is 0 Å². The van der Waals surface area contributed by atoms with Gasteiger partial charge in [-0.25, -0.2) is 0 Å². The Morgan fingerprint density at radius 2 is 1.35 bits per heavy atom. The Hall–Kier alpha value is -0.163. The van der Waals surface area contributed by atoms with Crippen LogP contribution in [0.1, 0.15) is 81.6 Å². The minimum absolute atomic E-state index is 0.0280. The summed E-state index contributed by atoms with van der Waals surface area (Å²) >= 11 is 0. The molecule has 0 amide bonds. The van der Waals surface area contributed by atoms with E-state index in [0.29, 0.717) is 0 Å². The minimum Gasteiger partial charge on any atom is -0.423 e. The van der Waals surface area contributed by atoms with E-state index in [2.05, 4.69) is 68.9 Å². The van der Waals surface area contributed by atoms with Crippen molar-refractivity contribution in [3.05, 3.63) is 12.7 Å². The average Bonchev–Trinajstić information content (AvgIpc) is 2.34. The summed E-state index contributed by atoms with van der Waals surface area (Å²) in [5, 5.41) is 0. The van der Waals surface area contributed by atoms with Crippen molar-refractivity contribution in [3.63, 3.8) is 0 Å². The lowest BCUT2D eigenvalue weighted by Gasteiger charge is -2.25. The van der Waals surface area contributed by atoms with Gasteiger partial charge in [-0.2, -0.15) is 0 Å². The lowest BCUT2D eigenvalue weighted by molar-refractivity contribution is -0.0437. The predicted octanol–water partition coefficient (Wildman–Crippen LogP) is 4.42. The van der Waals surface area contributed by atoms with Crippen molar-refractivity contribution >= 4 is 10.5 Å². The number of hydrogen-bond donors (Lipinski definition) is 0. The summed E-state index contributed by atoms with van der Waals surface area (Å²) in [4.78, 5) is 0. The zero-order valence-electron chi connectivity index (χ0n) is 17.4. The van der Waals surface area contributed by atoms with E-state index in [0.717, 1.165) is 36.4 Å². The van der Waals surface area contributed by atoms with E-state index < -0.39 is 0 Å². The average molecular weight is 347 g/mol. The molecule has 0 heterocycles. The van der Waals surface area contributed by atoms with Gasteiger partial charge < -0.3 is 13.9 Å². The summed E-state index contributed by atoms with van der Waals surface area (Å²) in [5.74, 6) is 0. The molecular weight excluding hydrogens is 304 g/mol. The third kappa shape index (κ3) is 24.2. The molecule has 140 valence electrons. The molecule has 1 atom stereocenters. The zero-order chi connectivity index (χ0) is 18.7. The van der Waals surface area contributed by atoms with E-state index in [1.165, 1.54) is 0 Å². The van der Waals surface area contributed by atoms with Crippen LogP contribution in [0.3, 0.4) is 0 Å². The van der Waals surface area contributed by atoms with Crippen molar-refractivity contribution in [1.82, 2.24) is 0 Å². The van der Waals surface area contributed by atoms with E-state index in [1.807, 2.05) is 6.08 Å². The molecule has 0 radical (unpaired) electrons. The fourth-order valence-electron chi connectivity index (χ4n) is 1.50. The molecule has 0 rings (SSSR count). The molecule has 0 N–H and O–H groups in total.